The van der Waals surface area contributed by atoms with Crippen LogP contribution in [0.15, 0.2) is 47.1 Å². The lowest BCUT2D eigenvalue weighted by molar-refractivity contribution is 0.458. The van der Waals surface area contributed by atoms with Crippen LogP contribution in [0, 0.1) is 6.92 Å². The van der Waals surface area contributed by atoms with Gasteiger partial charge in [0.2, 0.25) is 5.88 Å². The number of imidazole rings is 1. The minimum absolute atomic E-state index is 0.343. The number of hydrogen-bond acceptors (Lipinski definition) is 2. The molecule has 102 valence electrons. The van der Waals surface area contributed by atoms with Crippen LogP contribution >= 0.6 is 27.5 Å². The van der Waals surface area contributed by atoms with Crippen molar-refractivity contribution < 1.29 is 4.74 Å². The van der Waals surface area contributed by atoms with E-state index >= 15 is 0 Å². The monoisotopic (exact) mass is 350 g/mol. The van der Waals surface area contributed by atoms with Gasteiger partial charge < -0.3 is 4.74 Å². The normalized spacial score (nSPS) is 10.9. The number of hydrogen-bond donors (Lipinski definition) is 0. The maximum absolute atomic E-state index is 6.04. The molecule has 0 aliphatic heterocycles. The Balaban J connectivity index is 2.06. The first kappa shape index (κ1) is 13.5. The summed E-state index contributed by atoms with van der Waals surface area (Å²) in [5, 5.41) is 0. The first-order chi connectivity index (χ1) is 9.69. The second-order valence-corrected chi connectivity index (χ2v) is 5.62. The number of rotatable bonds is 3. The minimum Gasteiger partial charge on any atom is -0.437 e. The van der Waals surface area contributed by atoms with Gasteiger partial charge in [0.05, 0.1) is 5.88 Å². The number of benzene rings is 1. The van der Waals surface area contributed by atoms with Crippen LogP contribution in [0.2, 0.25) is 0 Å². The zero-order chi connectivity index (χ0) is 14.1. The van der Waals surface area contributed by atoms with Crippen molar-refractivity contribution in [3.8, 4) is 11.6 Å². The molecule has 0 saturated carbocycles. The molecule has 20 heavy (non-hydrogen) atoms. The quantitative estimate of drug-likeness (QED) is 0.625. The molecule has 1 aromatic carbocycles. The van der Waals surface area contributed by atoms with Crippen LogP contribution in [0.1, 0.15) is 11.3 Å². The fourth-order valence-corrected chi connectivity index (χ4v) is 2.78. The molecule has 0 radical (unpaired) electrons. The Morgan fingerprint density at radius 2 is 2.15 bits per heavy atom. The number of alkyl halides is 1. The van der Waals surface area contributed by atoms with Crippen LogP contribution in [0.5, 0.6) is 11.6 Å². The van der Waals surface area contributed by atoms with Crippen molar-refractivity contribution in [2.24, 2.45) is 0 Å². The van der Waals surface area contributed by atoms with Crippen molar-refractivity contribution in [2.75, 3.05) is 0 Å². The topological polar surface area (TPSA) is 26.5 Å². The van der Waals surface area contributed by atoms with Crippen LogP contribution in [0.4, 0.5) is 0 Å². The van der Waals surface area contributed by atoms with Crippen molar-refractivity contribution >= 4 is 33.2 Å². The van der Waals surface area contributed by atoms with E-state index in [4.69, 9.17) is 16.3 Å². The fraction of sp³-hybridized carbons (Fsp3) is 0.133. The summed E-state index contributed by atoms with van der Waals surface area (Å²) in [5.41, 5.74) is 2.72. The van der Waals surface area contributed by atoms with Gasteiger partial charge in [-0.3, -0.25) is 4.40 Å². The van der Waals surface area contributed by atoms with E-state index in [9.17, 15) is 0 Å². The highest BCUT2D eigenvalue weighted by atomic mass is 79.9. The Morgan fingerprint density at radius 1 is 1.30 bits per heavy atom. The second kappa shape index (κ2) is 5.46. The number of ether oxygens (including phenoxy) is 1. The molecule has 3 nitrogen and oxygen atoms in total. The number of fused-ring (bicyclic) bond motifs is 1. The highest BCUT2D eigenvalue weighted by Gasteiger charge is 2.14. The molecule has 0 spiro atoms. The fourth-order valence-electron chi connectivity index (χ4n) is 2.06. The van der Waals surface area contributed by atoms with Crippen LogP contribution in [0.25, 0.3) is 5.65 Å². The molecule has 3 aromatic rings. The second-order valence-electron chi connectivity index (χ2n) is 4.44. The third-order valence-corrected chi connectivity index (χ3v) is 3.81. The van der Waals surface area contributed by atoms with E-state index in [1.807, 2.05) is 53.9 Å². The van der Waals surface area contributed by atoms with E-state index in [1.165, 1.54) is 0 Å². The summed E-state index contributed by atoms with van der Waals surface area (Å²) in [4.78, 5) is 4.49. The van der Waals surface area contributed by atoms with Gasteiger partial charge >= 0.3 is 0 Å². The van der Waals surface area contributed by atoms with E-state index in [2.05, 4.69) is 20.9 Å². The first-order valence-corrected chi connectivity index (χ1v) is 7.47. The Labute approximate surface area is 130 Å². The molecule has 0 aliphatic carbocycles. The number of halogens is 2. The lowest BCUT2D eigenvalue weighted by atomic mass is 10.2. The van der Waals surface area contributed by atoms with Crippen molar-refractivity contribution in [3.05, 3.63) is 58.3 Å². The van der Waals surface area contributed by atoms with Crippen LogP contribution < -0.4 is 4.74 Å². The van der Waals surface area contributed by atoms with Gasteiger partial charge in [0.25, 0.3) is 0 Å². The minimum atomic E-state index is 0.343. The van der Waals surface area contributed by atoms with Gasteiger partial charge in [0, 0.05) is 10.7 Å². The van der Waals surface area contributed by atoms with Gasteiger partial charge in [-0.05, 0) is 42.8 Å². The van der Waals surface area contributed by atoms with Gasteiger partial charge in [-0.1, -0.05) is 22.0 Å². The smallest absolute Gasteiger partial charge is 0.242 e. The van der Waals surface area contributed by atoms with E-state index < -0.39 is 0 Å². The van der Waals surface area contributed by atoms with Gasteiger partial charge in [-0.2, -0.15) is 4.98 Å². The highest BCUT2D eigenvalue weighted by molar-refractivity contribution is 9.10. The van der Waals surface area contributed by atoms with E-state index in [0.717, 1.165) is 27.1 Å². The zero-order valence-corrected chi connectivity index (χ0v) is 13.1. The van der Waals surface area contributed by atoms with Crippen molar-refractivity contribution in [1.29, 1.82) is 0 Å². The molecule has 0 saturated heterocycles. The first-order valence-electron chi connectivity index (χ1n) is 6.15. The Hall–Kier alpha value is -1.52. The third-order valence-electron chi connectivity index (χ3n) is 3.06. The molecule has 3 rings (SSSR count). The molecule has 0 fully saturated rings. The zero-order valence-electron chi connectivity index (χ0n) is 10.8. The summed E-state index contributed by atoms with van der Waals surface area (Å²) >= 11 is 9.48. The molecular formula is C15H12BrClN2O. The lowest BCUT2D eigenvalue weighted by Crippen LogP contribution is -1.93. The van der Waals surface area contributed by atoms with Crippen molar-refractivity contribution in [1.82, 2.24) is 9.38 Å². The number of nitrogens with zero attached hydrogens (tertiary/aromatic N) is 2. The molecule has 2 heterocycles. The van der Waals surface area contributed by atoms with Gasteiger partial charge in [0.15, 0.2) is 0 Å². The third kappa shape index (κ3) is 2.41. The molecular weight excluding hydrogens is 340 g/mol. The molecule has 0 unspecified atom stereocenters. The van der Waals surface area contributed by atoms with E-state index in [1.54, 1.807) is 0 Å². The maximum atomic E-state index is 6.04. The lowest BCUT2D eigenvalue weighted by Gasteiger charge is -2.07. The average molecular weight is 352 g/mol. The molecule has 0 atom stereocenters. The largest absolute Gasteiger partial charge is 0.437 e. The van der Waals surface area contributed by atoms with Crippen molar-refractivity contribution in [2.45, 2.75) is 12.8 Å². The molecule has 5 heteroatoms. The Kier molecular flexibility index (Phi) is 3.68. The van der Waals surface area contributed by atoms with Crippen molar-refractivity contribution in [3.63, 3.8) is 0 Å². The number of pyridine rings is 1. The maximum Gasteiger partial charge on any atom is 0.242 e. The summed E-state index contributed by atoms with van der Waals surface area (Å²) in [7, 11) is 0. The Morgan fingerprint density at radius 3 is 2.90 bits per heavy atom. The van der Waals surface area contributed by atoms with Crippen LogP contribution in [0.3, 0.4) is 0 Å². The molecule has 0 bridgehead atoms. The standard InChI is InChI=1S/C15H12BrClN2O/c1-10-8-11(16)5-6-13(10)20-15-12(9-17)19-7-3-2-4-14(19)18-15/h2-8H,9H2,1H3. The molecule has 0 aliphatic rings. The predicted octanol–water partition coefficient (Wildman–Crippen LogP) is 4.94. The number of aromatic nitrogens is 2. The number of aryl methyl sites for hydroxylation is 1. The van der Waals surface area contributed by atoms with Gasteiger partial charge in [-0.15, -0.1) is 11.6 Å². The highest BCUT2D eigenvalue weighted by Crippen LogP contribution is 2.30. The summed E-state index contributed by atoms with van der Waals surface area (Å²) in [6.07, 6.45) is 1.93. The van der Waals surface area contributed by atoms with Crippen LogP contribution in [-0.2, 0) is 5.88 Å². The summed E-state index contributed by atoms with van der Waals surface area (Å²) in [6.45, 7) is 2.00. The average Bonchev–Trinajstić information content (AvgIpc) is 2.79. The van der Waals surface area contributed by atoms with Gasteiger partial charge in [0.1, 0.15) is 17.1 Å². The predicted molar refractivity (Wildman–Crippen MR) is 83.7 cm³/mol. The van der Waals surface area contributed by atoms with E-state index in [0.29, 0.717) is 11.8 Å². The molecule has 0 amide bonds. The molecule has 2 aromatic heterocycles. The summed E-state index contributed by atoms with van der Waals surface area (Å²) < 4.78 is 8.90. The van der Waals surface area contributed by atoms with Gasteiger partial charge in [-0.25, -0.2) is 0 Å². The SMILES string of the molecule is Cc1cc(Br)ccc1Oc1nc2ccccn2c1CCl. The van der Waals surface area contributed by atoms with E-state index in [-0.39, 0.29) is 0 Å². The Bertz CT molecular complexity index is 770. The summed E-state index contributed by atoms with van der Waals surface area (Å²) in [6, 6.07) is 11.7. The van der Waals surface area contributed by atoms with Crippen LogP contribution in [-0.4, -0.2) is 9.38 Å². The summed E-state index contributed by atoms with van der Waals surface area (Å²) in [5.74, 6) is 1.68. The molecule has 0 N–H and O–H groups in total.